The number of likely N-dealkylation sites (tertiary alicyclic amines) is 1. The maximum absolute atomic E-state index is 12.0. The zero-order valence-corrected chi connectivity index (χ0v) is 15.1. The Morgan fingerprint density at radius 2 is 1.82 bits per heavy atom. The molecule has 1 aliphatic rings. The van der Waals surface area contributed by atoms with Gasteiger partial charge in [-0.25, -0.2) is 4.79 Å². The Labute approximate surface area is 140 Å². The third-order valence-electron chi connectivity index (χ3n) is 3.47. The number of piperidine rings is 1. The zero-order chi connectivity index (χ0) is 16.2. The number of rotatable bonds is 3. The molecule has 0 aliphatic carbocycles. The van der Waals surface area contributed by atoms with E-state index >= 15 is 0 Å². The molecule has 22 heavy (non-hydrogen) atoms. The fraction of sp³-hybridized carbons (Fsp3) is 0.588. The van der Waals surface area contributed by atoms with Crippen molar-refractivity contribution in [3.05, 3.63) is 29.8 Å². The van der Waals surface area contributed by atoms with Crippen LogP contribution in [0.4, 0.5) is 4.79 Å². The maximum atomic E-state index is 12.0. The minimum absolute atomic E-state index is 0.161. The van der Waals surface area contributed by atoms with Crippen molar-refractivity contribution in [1.82, 2.24) is 4.90 Å². The van der Waals surface area contributed by atoms with Gasteiger partial charge in [-0.1, -0.05) is 28.1 Å². The zero-order valence-electron chi connectivity index (χ0n) is 13.5. The lowest BCUT2D eigenvalue weighted by Gasteiger charge is -2.33. The number of alkyl halides is 1. The SMILES string of the molecule is CC(C)(C)OC(=O)N1CCC(Oc2ccc(CBr)cc2)CC1. The molecule has 4 nitrogen and oxygen atoms in total. The molecule has 122 valence electrons. The van der Waals surface area contributed by atoms with E-state index in [1.807, 2.05) is 32.9 Å². The van der Waals surface area contributed by atoms with Crippen molar-refractivity contribution in [1.29, 1.82) is 0 Å². The van der Waals surface area contributed by atoms with Crippen LogP contribution >= 0.6 is 15.9 Å². The Hall–Kier alpha value is -1.23. The van der Waals surface area contributed by atoms with Gasteiger partial charge in [0.25, 0.3) is 0 Å². The highest BCUT2D eigenvalue weighted by Crippen LogP contribution is 2.21. The average molecular weight is 370 g/mol. The predicted molar refractivity (Wildman–Crippen MR) is 90.5 cm³/mol. The van der Waals surface area contributed by atoms with Crippen LogP contribution in [-0.4, -0.2) is 35.8 Å². The van der Waals surface area contributed by atoms with Crippen LogP contribution in [0.3, 0.4) is 0 Å². The van der Waals surface area contributed by atoms with Crippen LogP contribution < -0.4 is 4.74 Å². The van der Waals surface area contributed by atoms with Crippen molar-refractivity contribution in [2.45, 2.75) is 50.6 Å². The van der Waals surface area contributed by atoms with Crippen LogP contribution in [0.5, 0.6) is 5.75 Å². The standard InChI is InChI=1S/C17H24BrNO3/c1-17(2,3)22-16(20)19-10-8-15(9-11-19)21-14-6-4-13(12-18)5-7-14/h4-7,15H,8-12H2,1-3H3. The molecule has 1 saturated heterocycles. The van der Waals surface area contributed by atoms with E-state index in [0.29, 0.717) is 13.1 Å². The summed E-state index contributed by atoms with van der Waals surface area (Å²) in [5, 5.41) is 0.849. The normalized spacial score (nSPS) is 16.5. The van der Waals surface area contributed by atoms with E-state index in [1.54, 1.807) is 4.90 Å². The molecule has 1 fully saturated rings. The average Bonchev–Trinajstić information content (AvgIpc) is 2.47. The van der Waals surface area contributed by atoms with Crippen LogP contribution in [0.25, 0.3) is 0 Å². The van der Waals surface area contributed by atoms with E-state index in [0.717, 1.165) is 23.9 Å². The lowest BCUT2D eigenvalue weighted by atomic mass is 10.1. The van der Waals surface area contributed by atoms with Gasteiger partial charge < -0.3 is 14.4 Å². The molecular weight excluding hydrogens is 346 g/mol. The van der Waals surface area contributed by atoms with Crippen molar-refractivity contribution in [2.24, 2.45) is 0 Å². The van der Waals surface area contributed by atoms with Crippen molar-refractivity contribution >= 4 is 22.0 Å². The second-order valence-electron chi connectivity index (χ2n) is 6.56. The first-order valence-corrected chi connectivity index (χ1v) is 8.79. The molecule has 0 radical (unpaired) electrons. The predicted octanol–water partition coefficient (Wildman–Crippen LogP) is 4.36. The number of carbonyl (C=O) groups is 1. The number of carbonyl (C=O) groups excluding carboxylic acids is 1. The molecule has 0 atom stereocenters. The van der Waals surface area contributed by atoms with Gasteiger partial charge in [0.2, 0.25) is 0 Å². The molecule has 1 heterocycles. The Bertz CT molecular complexity index is 488. The molecule has 0 unspecified atom stereocenters. The molecular formula is C17H24BrNO3. The van der Waals surface area contributed by atoms with Crippen LogP contribution in [-0.2, 0) is 10.1 Å². The van der Waals surface area contributed by atoms with Gasteiger partial charge >= 0.3 is 6.09 Å². The van der Waals surface area contributed by atoms with E-state index < -0.39 is 5.60 Å². The molecule has 1 amide bonds. The molecule has 0 spiro atoms. The van der Waals surface area contributed by atoms with Crippen LogP contribution in [0, 0.1) is 0 Å². The number of hydrogen-bond donors (Lipinski definition) is 0. The van der Waals surface area contributed by atoms with Gasteiger partial charge in [-0.2, -0.15) is 0 Å². The lowest BCUT2D eigenvalue weighted by molar-refractivity contribution is 0.0126. The van der Waals surface area contributed by atoms with Crippen molar-refractivity contribution < 1.29 is 14.3 Å². The van der Waals surface area contributed by atoms with Gasteiger partial charge in [0.15, 0.2) is 0 Å². The van der Waals surface area contributed by atoms with Crippen molar-refractivity contribution in [3.8, 4) is 5.75 Å². The highest BCUT2D eigenvalue weighted by Gasteiger charge is 2.27. The van der Waals surface area contributed by atoms with Crippen LogP contribution in [0.2, 0.25) is 0 Å². The summed E-state index contributed by atoms with van der Waals surface area (Å²) in [6.45, 7) is 7.02. The summed E-state index contributed by atoms with van der Waals surface area (Å²) >= 11 is 3.43. The quantitative estimate of drug-likeness (QED) is 0.742. The molecule has 2 rings (SSSR count). The van der Waals surface area contributed by atoms with E-state index in [2.05, 4.69) is 28.1 Å². The number of hydrogen-bond acceptors (Lipinski definition) is 3. The van der Waals surface area contributed by atoms with Gasteiger partial charge in [-0.15, -0.1) is 0 Å². The Morgan fingerprint density at radius 3 is 2.32 bits per heavy atom. The summed E-state index contributed by atoms with van der Waals surface area (Å²) in [5.74, 6) is 0.889. The van der Waals surface area contributed by atoms with Gasteiger partial charge in [0.1, 0.15) is 17.5 Å². The van der Waals surface area contributed by atoms with Crippen molar-refractivity contribution in [2.75, 3.05) is 13.1 Å². The molecule has 1 aromatic carbocycles. The summed E-state index contributed by atoms with van der Waals surface area (Å²) in [4.78, 5) is 13.8. The molecule has 5 heteroatoms. The smallest absolute Gasteiger partial charge is 0.410 e. The van der Waals surface area contributed by atoms with E-state index in [-0.39, 0.29) is 12.2 Å². The minimum atomic E-state index is -0.443. The highest BCUT2D eigenvalue weighted by atomic mass is 79.9. The third kappa shape index (κ3) is 5.20. The summed E-state index contributed by atoms with van der Waals surface area (Å²) in [6.07, 6.45) is 1.60. The van der Waals surface area contributed by atoms with E-state index in [1.165, 1.54) is 5.56 Å². The van der Waals surface area contributed by atoms with Crippen molar-refractivity contribution in [3.63, 3.8) is 0 Å². The molecule has 0 saturated carbocycles. The van der Waals surface area contributed by atoms with Gasteiger partial charge in [-0.05, 0) is 38.5 Å². The second kappa shape index (κ2) is 7.36. The summed E-state index contributed by atoms with van der Waals surface area (Å²) < 4.78 is 11.4. The maximum Gasteiger partial charge on any atom is 0.410 e. The highest BCUT2D eigenvalue weighted by molar-refractivity contribution is 9.08. The summed E-state index contributed by atoms with van der Waals surface area (Å²) in [5.41, 5.74) is 0.786. The topological polar surface area (TPSA) is 38.8 Å². The Morgan fingerprint density at radius 1 is 1.23 bits per heavy atom. The number of nitrogens with zero attached hydrogens (tertiary/aromatic N) is 1. The fourth-order valence-electron chi connectivity index (χ4n) is 2.33. The number of halogens is 1. The number of amides is 1. The molecule has 1 aliphatic heterocycles. The molecule has 0 bridgehead atoms. The Kier molecular flexibility index (Phi) is 5.73. The van der Waals surface area contributed by atoms with Crippen LogP contribution in [0.1, 0.15) is 39.2 Å². The first-order chi connectivity index (χ1) is 10.4. The Balaban J connectivity index is 1.80. The molecule has 0 N–H and O–H groups in total. The summed E-state index contributed by atoms with van der Waals surface area (Å²) in [7, 11) is 0. The summed E-state index contributed by atoms with van der Waals surface area (Å²) in [6, 6.07) is 8.10. The minimum Gasteiger partial charge on any atom is -0.490 e. The largest absolute Gasteiger partial charge is 0.490 e. The van der Waals surface area contributed by atoms with E-state index in [9.17, 15) is 4.79 Å². The number of ether oxygens (including phenoxy) is 2. The van der Waals surface area contributed by atoms with Gasteiger partial charge in [0, 0.05) is 31.3 Å². The van der Waals surface area contributed by atoms with Crippen LogP contribution in [0.15, 0.2) is 24.3 Å². The number of benzene rings is 1. The van der Waals surface area contributed by atoms with Gasteiger partial charge in [0.05, 0.1) is 0 Å². The van der Waals surface area contributed by atoms with Gasteiger partial charge in [-0.3, -0.25) is 0 Å². The first-order valence-electron chi connectivity index (χ1n) is 7.67. The molecule has 0 aromatic heterocycles. The lowest BCUT2D eigenvalue weighted by Crippen LogP contribution is -2.44. The molecule has 1 aromatic rings. The first kappa shape index (κ1) is 17.1. The monoisotopic (exact) mass is 369 g/mol. The second-order valence-corrected chi connectivity index (χ2v) is 7.12. The fourth-order valence-corrected chi connectivity index (χ4v) is 2.71. The van der Waals surface area contributed by atoms with E-state index in [4.69, 9.17) is 9.47 Å². The third-order valence-corrected chi connectivity index (χ3v) is 4.12.